The van der Waals surface area contributed by atoms with E-state index < -0.39 is 0 Å². The molecule has 2 fully saturated rings. The number of likely N-dealkylation sites (tertiary alicyclic amines) is 1. The van der Waals surface area contributed by atoms with Crippen LogP contribution in [0, 0.1) is 10.1 Å². The number of piperidine rings is 1. The molecule has 24 heavy (non-hydrogen) atoms. The maximum atomic E-state index is 12.6. The highest BCUT2D eigenvalue weighted by Gasteiger charge is 2.25. The van der Waals surface area contributed by atoms with E-state index in [-0.39, 0.29) is 16.5 Å². The van der Waals surface area contributed by atoms with Crippen LogP contribution in [0.4, 0.5) is 11.4 Å². The van der Waals surface area contributed by atoms with Crippen LogP contribution in [0.25, 0.3) is 0 Å². The fourth-order valence-electron chi connectivity index (χ4n) is 3.66. The van der Waals surface area contributed by atoms with E-state index in [2.05, 4.69) is 4.90 Å². The average Bonchev–Trinajstić information content (AvgIpc) is 2.90. The molecular weight excluding hydrogens is 306 g/mol. The van der Waals surface area contributed by atoms with Gasteiger partial charge in [0.1, 0.15) is 5.69 Å². The Morgan fingerprint density at radius 3 is 2.12 bits per heavy atom. The number of nitro benzene ring substituents is 1. The van der Waals surface area contributed by atoms with Gasteiger partial charge in [0.05, 0.1) is 4.92 Å². The van der Waals surface area contributed by atoms with Gasteiger partial charge in [0.15, 0.2) is 0 Å². The summed E-state index contributed by atoms with van der Waals surface area (Å²) in [6.07, 6.45) is 7.65. The predicted molar refractivity (Wildman–Crippen MR) is 93.5 cm³/mol. The normalized spacial score (nSPS) is 19.0. The van der Waals surface area contributed by atoms with Gasteiger partial charge in [-0.2, -0.15) is 0 Å². The highest BCUT2D eigenvalue weighted by atomic mass is 16.6. The first-order valence-corrected chi connectivity index (χ1v) is 8.99. The molecule has 3 rings (SSSR count). The number of nitro groups is 1. The standard InChI is InChI=1S/C18H25N3O3/c22-18(20-12-6-3-7-13-20)15-8-9-16(17(14-15)21(23)24)19-10-4-1-2-5-11-19/h8-9,14H,1-7,10-13H2. The Kier molecular flexibility index (Phi) is 5.33. The molecule has 0 bridgehead atoms. The Labute approximate surface area is 142 Å². The molecule has 0 aromatic heterocycles. The molecule has 0 saturated carbocycles. The fraction of sp³-hybridized carbons (Fsp3) is 0.611. The first-order chi connectivity index (χ1) is 11.7. The third-order valence-electron chi connectivity index (χ3n) is 5.01. The number of anilines is 1. The zero-order valence-corrected chi connectivity index (χ0v) is 14.1. The number of hydrogen-bond donors (Lipinski definition) is 0. The minimum Gasteiger partial charge on any atom is -0.366 e. The van der Waals surface area contributed by atoms with Crippen molar-refractivity contribution in [3.63, 3.8) is 0 Å². The topological polar surface area (TPSA) is 66.7 Å². The highest BCUT2D eigenvalue weighted by molar-refractivity contribution is 5.95. The molecule has 0 unspecified atom stereocenters. The highest BCUT2D eigenvalue weighted by Crippen LogP contribution is 2.31. The lowest BCUT2D eigenvalue weighted by Crippen LogP contribution is -2.35. The van der Waals surface area contributed by atoms with Gasteiger partial charge in [-0.3, -0.25) is 14.9 Å². The molecule has 2 saturated heterocycles. The van der Waals surface area contributed by atoms with Crippen molar-refractivity contribution in [2.45, 2.75) is 44.9 Å². The maximum Gasteiger partial charge on any atom is 0.293 e. The SMILES string of the molecule is O=C(c1ccc(N2CCCCCC2)c([N+](=O)[O-])c1)N1CCCCC1. The summed E-state index contributed by atoms with van der Waals surface area (Å²) in [6, 6.07) is 4.99. The van der Waals surface area contributed by atoms with E-state index in [0.29, 0.717) is 11.3 Å². The Morgan fingerprint density at radius 2 is 1.50 bits per heavy atom. The summed E-state index contributed by atoms with van der Waals surface area (Å²) in [5.41, 5.74) is 1.14. The molecular formula is C18H25N3O3. The predicted octanol–water partition coefficient (Wildman–Crippen LogP) is 3.60. The number of benzene rings is 1. The Bertz CT molecular complexity index is 604. The smallest absolute Gasteiger partial charge is 0.293 e. The van der Waals surface area contributed by atoms with Gasteiger partial charge in [-0.1, -0.05) is 12.8 Å². The van der Waals surface area contributed by atoms with Crippen molar-refractivity contribution < 1.29 is 9.72 Å². The van der Waals surface area contributed by atoms with Crippen molar-refractivity contribution >= 4 is 17.3 Å². The average molecular weight is 331 g/mol. The molecule has 6 nitrogen and oxygen atoms in total. The minimum absolute atomic E-state index is 0.0553. The summed E-state index contributed by atoms with van der Waals surface area (Å²) >= 11 is 0. The molecule has 6 heteroatoms. The lowest BCUT2D eigenvalue weighted by atomic mass is 10.1. The van der Waals surface area contributed by atoms with E-state index in [9.17, 15) is 14.9 Å². The molecule has 0 spiro atoms. The molecule has 1 aromatic carbocycles. The van der Waals surface area contributed by atoms with E-state index in [1.54, 1.807) is 12.1 Å². The first kappa shape index (κ1) is 16.7. The maximum absolute atomic E-state index is 12.6. The van der Waals surface area contributed by atoms with Gasteiger partial charge in [-0.25, -0.2) is 0 Å². The van der Waals surface area contributed by atoms with Crippen LogP contribution in [-0.2, 0) is 0 Å². The van der Waals surface area contributed by atoms with Crippen molar-refractivity contribution in [3.8, 4) is 0 Å². The van der Waals surface area contributed by atoms with Crippen LogP contribution in [0.15, 0.2) is 18.2 Å². The first-order valence-electron chi connectivity index (χ1n) is 8.99. The summed E-state index contributed by atoms with van der Waals surface area (Å²) in [7, 11) is 0. The largest absolute Gasteiger partial charge is 0.366 e. The Hall–Kier alpha value is -2.11. The van der Waals surface area contributed by atoms with Crippen LogP contribution < -0.4 is 4.90 Å². The molecule has 1 aromatic rings. The number of carbonyl (C=O) groups excluding carboxylic acids is 1. The van der Waals surface area contributed by atoms with Crippen molar-refractivity contribution in [1.29, 1.82) is 0 Å². The second kappa shape index (κ2) is 7.64. The van der Waals surface area contributed by atoms with Crippen LogP contribution in [0.1, 0.15) is 55.3 Å². The summed E-state index contributed by atoms with van der Waals surface area (Å²) in [5, 5.41) is 11.6. The summed E-state index contributed by atoms with van der Waals surface area (Å²) in [5.74, 6) is -0.0831. The molecule has 2 heterocycles. The Morgan fingerprint density at radius 1 is 0.917 bits per heavy atom. The van der Waals surface area contributed by atoms with E-state index in [1.165, 1.54) is 18.9 Å². The summed E-state index contributed by atoms with van der Waals surface area (Å²) in [4.78, 5) is 27.7. The number of amides is 1. The molecule has 1 amide bonds. The van der Waals surface area contributed by atoms with Crippen molar-refractivity contribution in [2.24, 2.45) is 0 Å². The Balaban J connectivity index is 1.86. The van der Waals surface area contributed by atoms with E-state index in [0.717, 1.165) is 58.3 Å². The lowest BCUT2D eigenvalue weighted by Gasteiger charge is -2.27. The van der Waals surface area contributed by atoms with Crippen LogP contribution >= 0.6 is 0 Å². The van der Waals surface area contributed by atoms with Crippen molar-refractivity contribution in [1.82, 2.24) is 4.90 Å². The number of hydrogen-bond acceptors (Lipinski definition) is 4. The van der Waals surface area contributed by atoms with E-state index in [1.807, 2.05) is 4.90 Å². The number of nitrogens with zero attached hydrogens (tertiary/aromatic N) is 3. The van der Waals surface area contributed by atoms with E-state index in [4.69, 9.17) is 0 Å². The van der Waals surface area contributed by atoms with E-state index >= 15 is 0 Å². The molecule has 0 N–H and O–H groups in total. The zero-order chi connectivity index (χ0) is 16.9. The summed E-state index contributed by atoms with van der Waals surface area (Å²) in [6.45, 7) is 3.20. The van der Waals surface area contributed by atoms with Crippen LogP contribution in [0.3, 0.4) is 0 Å². The fourth-order valence-corrected chi connectivity index (χ4v) is 3.66. The molecule has 0 atom stereocenters. The van der Waals surface area contributed by atoms with Gasteiger partial charge < -0.3 is 9.80 Å². The van der Waals surface area contributed by atoms with Crippen LogP contribution in [-0.4, -0.2) is 41.9 Å². The van der Waals surface area contributed by atoms with Crippen molar-refractivity contribution in [3.05, 3.63) is 33.9 Å². The van der Waals surface area contributed by atoms with Gasteiger partial charge in [0.25, 0.3) is 11.6 Å². The molecule has 0 radical (unpaired) electrons. The third-order valence-corrected chi connectivity index (χ3v) is 5.01. The second-order valence-corrected chi connectivity index (χ2v) is 6.71. The monoisotopic (exact) mass is 331 g/mol. The second-order valence-electron chi connectivity index (χ2n) is 6.71. The molecule has 0 aliphatic carbocycles. The van der Waals surface area contributed by atoms with Gasteiger partial charge in [-0.05, 0) is 44.2 Å². The van der Waals surface area contributed by atoms with Crippen LogP contribution in [0.5, 0.6) is 0 Å². The van der Waals surface area contributed by atoms with Gasteiger partial charge >= 0.3 is 0 Å². The zero-order valence-electron chi connectivity index (χ0n) is 14.1. The summed E-state index contributed by atoms with van der Waals surface area (Å²) < 4.78 is 0. The van der Waals surface area contributed by atoms with Gasteiger partial charge in [0.2, 0.25) is 0 Å². The quantitative estimate of drug-likeness (QED) is 0.627. The molecule has 130 valence electrons. The number of carbonyl (C=O) groups is 1. The molecule has 2 aliphatic heterocycles. The third kappa shape index (κ3) is 3.68. The van der Waals surface area contributed by atoms with Crippen molar-refractivity contribution in [2.75, 3.05) is 31.1 Å². The van der Waals surface area contributed by atoms with Gasteiger partial charge in [0, 0.05) is 37.8 Å². The minimum atomic E-state index is -0.354. The van der Waals surface area contributed by atoms with Gasteiger partial charge in [-0.15, -0.1) is 0 Å². The van der Waals surface area contributed by atoms with Crippen LogP contribution in [0.2, 0.25) is 0 Å². The lowest BCUT2D eigenvalue weighted by molar-refractivity contribution is -0.384. The molecule has 2 aliphatic rings. The number of rotatable bonds is 3.